The normalized spacial score (nSPS) is 12.3. The van der Waals surface area contributed by atoms with Crippen molar-refractivity contribution in [3.63, 3.8) is 0 Å². The molecule has 6 aromatic carbocycles. The fraction of sp³-hybridized carbons (Fsp3) is 0.264. The lowest BCUT2D eigenvalue weighted by Gasteiger charge is -2.30. The molecule has 0 spiro atoms. The van der Waals surface area contributed by atoms with Crippen LogP contribution in [0.1, 0.15) is 84.8 Å². The molecule has 61 heavy (non-hydrogen) atoms. The van der Waals surface area contributed by atoms with E-state index in [-0.39, 0.29) is 28.9 Å². The number of anilines is 6. The van der Waals surface area contributed by atoms with Gasteiger partial charge in [-0.25, -0.2) is 0 Å². The predicted molar refractivity (Wildman–Crippen MR) is 249 cm³/mol. The minimum Gasteiger partial charge on any atom is -0.467 e. The summed E-state index contributed by atoms with van der Waals surface area (Å²) in [6.45, 7) is 13.7. The smallest absolute Gasteiger partial charge is 0.331 e. The average Bonchev–Trinajstić information content (AvgIpc) is 3.31. The number of benzene rings is 6. The van der Waals surface area contributed by atoms with Crippen molar-refractivity contribution in [3.05, 3.63) is 169 Å². The quantitative estimate of drug-likeness (QED) is 0.0848. The first-order valence-corrected chi connectivity index (χ1v) is 21.5. The molecule has 0 saturated heterocycles. The van der Waals surface area contributed by atoms with Crippen LogP contribution in [0.3, 0.4) is 0 Å². The van der Waals surface area contributed by atoms with Crippen LogP contribution < -0.4 is 24.0 Å². The van der Waals surface area contributed by atoms with Crippen molar-refractivity contribution in [2.45, 2.75) is 84.5 Å². The van der Waals surface area contributed by atoms with Gasteiger partial charge in [0.15, 0.2) is 0 Å². The molecule has 0 aliphatic rings. The molecule has 0 aliphatic carbocycles. The minimum absolute atomic E-state index is 0.0495. The maximum absolute atomic E-state index is 6.18. The Labute approximate surface area is 361 Å². The van der Waals surface area contributed by atoms with Crippen molar-refractivity contribution in [3.8, 4) is 29.5 Å². The first kappa shape index (κ1) is 42.5. The van der Waals surface area contributed by atoms with Gasteiger partial charge in [-0.05, 0) is 145 Å². The van der Waals surface area contributed by atoms with E-state index in [4.69, 9.17) is 14.2 Å². The zero-order chi connectivity index (χ0) is 42.8. The van der Waals surface area contributed by atoms with Gasteiger partial charge in [-0.2, -0.15) is 0 Å². The summed E-state index contributed by atoms with van der Waals surface area (Å²) in [6, 6.07) is 54.5. The molecule has 0 N–H and O–H groups in total. The summed E-state index contributed by atoms with van der Waals surface area (Å²) in [5, 5.41) is 0. The Morgan fingerprint density at radius 2 is 0.738 bits per heavy atom. The van der Waals surface area contributed by atoms with Crippen molar-refractivity contribution in [1.82, 2.24) is 15.0 Å². The second-order valence-corrected chi connectivity index (χ2v) is 15.9. The minimum atomic E-state index is 0.0495. The van der Waals surface area contributed by atoms with Gasteiger partial charge in [0.25, 0.3) is 0 Å². The molecule has 0 fully saturated rings. The fourth-order valence-corrected chi connectivity index (χ4v) is 7.85. The molecule has 0 amide bonds. The zero-order valence-electron chi connectivity index (χ0n) is 36.5. The highest BCUT2D eigenvalue weighted by Crippen LogP contribution is 2.40. The summed E-state index contributed by atoms with van der Waals surface area (Å²) in [5.74, 6) is 1.10. The van der Waals surface area contributed by atoms with Gasteiger partial charge >= 0.3 is 18.0 Å². The highest BCUT2D eigenvalue weighted by molar-refractivity contribution is 5.78. The van der Waals surface area contributed by atoms with Crippen molar-refractivity contribution in [1.29, 1.82) is 0 Å². The van der Waals surface area contributed by atoms with Gasteiger partial charge in [-0.15, -0.1) is 15.0 Å². The van der Waals surface area contributed by atoms with Gasteiger partial charge in [0, 0.05) is 34.1 Å². The third-order valence-electron chi connectivity index (χ3n) is 12.2. The Hall–Kier alpha value is -6.67. The maximum Gasteiger partial charge on any atom is 0.331 e. The van der Waals surface area contributed by atoms with Crippen LogP contribution in [0.25, 0.3) is 0 Å². The number of rotatable bonds is 18. The Kier molecular flexibility index (Phi) is 13.3. The summed E-state index contributed by atoms with van der Waals surface area (Å²) in [5.41, 5.74) is 9.23. The van der Waals surface area contributed by atoms with E-state index in [0.29, 0.717) is 11.5 Å². The van der Waals surface area contributed by atoms with Gasteiger partial charge in [0.2, 0.25) is 0 Å². The van der Waals surface area contributed by atoms with E-state index >= 15 is 0 Å². The molecule has 0 aliphatic heterocycles. The number of nitrogens with zero attached hydrogens (tertiary/aromatic N) is 5. The van der Waals surface area contributed by atoms with E-state index in [2.05, 4.69) is 163 Å². The molecule has 1 heterocycles. The largest absolute Gasteiger partial charge is 0.467 e. The Bertz CT molecular complexity index is 2440. The van der Waals surface area contributed by atoms with E-state index < -0.39 is 0 Å². The second-order valence-electron chi connectivity index (χ2n) is 15.9. The summed E-state index contributed by atoms with van der Waals surface area (Å²) < 4.78 is 17.8. The topological polar surface area (TPSA) is 72.8 Å². The molecule has 1 aromatic heterocycles. The summed E-state index contributed by atoms with van der Waals surface area (Å²) in [4.78, 5) is 17.7. The third kappa shape index (κ3) is 9.70. The van der Waals surface area contributed by atoms with E-state index in [1.807, 2.05) is 60.7 Å². The number of methoxy groups -OCH3 is 1. The molecule has 0 radical (unpaired) electrons. The molecule has 8 nitrogen and oxygen atoms in total. The van der Waals surface area contributed by atoms with Gasteiger partial charge < -0.3 is 24.0 Å². The van der Waals surface area contributed by atoms with Crippen LogP contribution in [0, 0.1) is 0 Å². The number of hydrogen-bond donors (Lipinski definition) is 0. The summed E-state index contributed by atoms with van der Waals surface area (Å²) in [7, 11) is 1.50. The molecule has 0 bridgehead atoms. The van der Waals surface area contributed by atoms with E-state index in [1.165, 1.54) is 18.2 Å². The standard InChI is InChI=1S/C53H57N5O3/c1-8-38-53(6,11-4)40-24-28-44(29-25-40)58(42-20-16-13-17-21-42)46-32-36-48(37-33-46)61-51-55-49(59-7)54-50(56-51)60-47-34-30-45(31-35-47)57(41-18-14-12-15-19-41)43-26-22-39(23-27-43)52(5,9-2)10-3/h12-37H,8-11,38H2,1-7H3. The number of ether oxygens (including phenoxy) is 3. The average molecular weight is 812 g/mol. The van der Waals surface area contributed by atoms with Crippen LogP contribution in [0.2, 0.25) is 0 Å². The van der Waals surface area contributed by atoms with Gasteiger partial charge in [0.05, 0.1) is 7.11 Å². The van der Waals surface area contributed by atoms with Crippen LogP contribution >= 0.6 is 0 Å². The molecule has 1 unspecified atom stereocenters. The molecule has 1 atom stereocenters. The molecule has 7 rings (SSSR count). The van der Waals surface area contributed by atoms with Crippen molar-refractivity contribution in [2.75, 3.05) is 16.9 Å². The Morgan fingerprint density at radius 3 is 1.08 bits per heavy atom. The Balaban J connectivity index is 1.10. The summed E-state index contributed by atoms with van der Waals surface area (Å²) in [6.07, 6.45) is 5.58. The SMILES string of the molecule is CCCC(C)(CC)c1ccc(N(c2ccccc2)c2ccc(Oc3nc(OC)nc(Oc4ccc(N(c5ccccc5)c5ccc(C(C)(CC)CC)cc5)cc4)n3)cc2)cc1. The molecular formula is C53H57N5O3. The zero-order valence-corrected chi connectivity index (χ0v) is 36.5. The van der Waals surface area contributed by atoms with Gasteiger partial charge in [0.1, 0.15) is 11.5 Å². The third-order valence-corrected chi connectivity index (χ3v) is 12.2. The van der Waals surface area contributed by atoms with Crippen LogP contribution in [-0.2, 0) is 10.8 Å². The molecule has 8 heteroatoms. The van der Waals surface area contributed by atoms with Gasteiger partial charge in [-0.1, -0.05) is 109 Å². The lowest BCUT2D eigenvalue weighted by Crippen LogP contribution is -2.20. The van der Waals surface area contributed by atoms with E-state index in [9.17, 15) is 0 Å². The van der Waals surface area contributed by atoms with Crippen LogP contribution in [0.4, 0.5) is 34.1 Å². The second kappa shape index (κ2) is 19.1. The van der Waals surface area contributed by atoms with Crippen molar-refractivity contribution < 1.29 is 14.2 Å². The van der Waals surface area contributed by atoms with E-state index in [0.717, 1.165) is 66.2 Å². The van der Waals surface area contributed by atoms with Gasteiger partial charge in [-0.3, -0.25) is 0 Å². The monoisotopic (exact) mass is 811 g/mol. The van der Waals surface area contributed by atoms with Crippen LogP contribution in [0.15, 0.2) is 158 Å². The number of para-hydroxylation sites is 2. The highest BCUT2D eigenvalue weighted by atomic mass is 16.5. The first-order valence-electron chi connectivity index (χ1n) is 21.5. The van der Waals surface area contributed by atoms with Crippen molar-refractivity contribution in [2.24, 2.45) is 0 Å². The maximum atomic E-state index is 6.18. The lowest BCUT2D eigenvalue weighted by molar-refractivity contribution is 0.336. The number of aromatic nitrogens is 3. The van der Waals surface area contributed by atoms with Crippen LogP contribution in [0.5, 0.6) is 29.5 Å². The first-order chi connectivity index (χ1) is 29.7. The predicted octanol–water partition coefficient (Wildman–Crippen LogP) is 14.9. The molecule has 312 valence electrons. The fourth-order valence-electron chi connectivity index (χ4n) is 7.85. The summed E-state index contributed by atoms with van der Waals surface area (Å²) >= 11 is 0. The lowest BCUT2D eigenvalue weighted by atomic mass is 9.76. The van der Waals surface area contributed by atoms with Crippen LogP contribution in [-0.4, -0.2) is 22.1 Å². The van der Waals surface area contributed by atoms with E-state index in [1.54, 1.807) is 0 Å². The molecular weight excluding hydrogens is 755 g/mol. The number of hydrogen-bond acceptors (Lipinski definition) is 8. The van der Waals surface area contributed by atoms with Crippen molar-refractivity contribution >= 4 is 34.1 Å². The molecule has 0 saturated carbocycles. The highest BCUT2D eigenvalue weighted by Gasteiger charge is 2.25. The molecule has 7 aromatic rings. The Morgan fingerprint density at radius 1 is 0.410 bits per heavy atom.